The van der Waals surface area contributed by atoms with E-state index in [2.05, 4.69) is 61.6 Å². The summed E-state index contributed by atoms with van der Waals surface area (Å²) in [5, 5.41) is 0. The van der Waals surface area contributed by atoms with Crippen molar-refractivity contribution >= 4 is 89.5 Å². The molecule has 0 saturated heterocycles. The summed E-state index contributed by atoms with van der Waals surface area (Å²) >= 11 is 0. The highest BCUT2D eigenvalue weighted by Gasteiger charge is 2.07. The minimum Gasteiger partial charge on any atom is -0.469 e. The number of unbranched alkanes of at least 4 members (excludes halogenated alkanes) is 5. The second-order valence-electron chi connectivity index (χ2n) is 18.2. The number of ether oxygens (including phenoxy) is 18. The fourth-order valence-electron chi connectivity index (χ4n) is 5.06. The van der Waals surface area contributed by atoms with Crippen LogP contribution in [-0.4, -0.2) is 234 Å². The van der Waals surface area contributed by atoms with Gasteiger partial charge in [-0.15, -0.1) is 0 Å². The Labute approximate surface area is 566 Å². The Morgan fingerprint density at radius 1 is 0.167 bits per heavy atom. The van der Waals surface area contributed by atoms with E-state index in [1.54, 1.807) is 21.3 Å². The van der Waals surface area contributed by atoms with Crippen molar-refractivity contribution in [3.05, 3.63) is 0 Å². The molecule has 0 bridgehead atoms. The fourth-order valence-corrected chi connectivity index (χ4v) is 5.06. The van der Waals surface area contributed by atoms with E-state index in [0.29, 0.717) is 97.2 Å². The maximum absolute atomic E-state index is 10.6. The molecule has 0 aromatic carbocycles. The first-order chi connectivity index (χ1) is 45.4. The molecule has 0 aliphatic heterocycles. The van der Waals surface area contributed by atoms with Crippen molar-refractivity contribution < 1.29 is 157 Å². The summed E-state index contributed by atoms with van der Waals surface area (Å²) in [5.74, 6) is -4.37. The number of carbonyl (C=O) groups is 15. The lowest BCUT2D eigenvalue weighted by atomic mass is 10.2. The van der Waals surface area contributed by atoms with E-state index in [0.717, 1.165) is 51.7 Å². The quantitative estimate of drug-likeness (QED) is 0.0390. The van der Waals surface area contributed by atoms with E-state index in [1.807, 2.05) is 0 Å². The van der Waals surface area contributed by atoms with Gasteiger partial charge in [0.1, 0.15) is 6.61 Å². The molecular formula is C63H114O33. The first-order valence-electron chi connectivity index (χ1n) is 30.3. The molecule has 33 heteroatoms. The van der Waals surface area contributed by atoms with E-state index >= 15 is 0 Å². The van der Waals surface area contributed by atoms with Crippen LogP contribution < -0.4 is 0 Å². The van der Waals surface area contributed by atoms with Gasteiger partial charge in [-0.05, 0) is 70.6 Å². The zero-order valence-corrected chi connectivity index (χ0v) is 60.2. The van der Waals surface area contributed by atoms with Gasteiger partial charge in [-0.1, -0.05) is 0 Å². The van der Waals surface area contributed by atoms with Crippen LogP contribution in [0.15, 0.2) is 0 Å². The van der Waals surface area contributed by atoms with Crippen LogP contribution in [0.2, 0.25) is 0 Å². The molecule has 0 fully saturated rings. The monoisotopic (exact) mass is 1400 g/mol. The predicted octanol–water partition coefficient (Wildman–Crippen LogP) is 5.94. The maximum Gasteiger partial charge on any atom is 0.308 e. The van der Waals surface area contributed by atoms with E-state index in [4.69, 9.17) is 23.7 Å². The Kier molecular flexibility index (Phi) is 98.9. The first-order valence-corrected chi connectivity index (χ1v) is 30.3. The van der Waals surface area contributed by atoms with Gasteiger partial charge in [0.25, 0.3) is 0 Å². The molecule has 0 heterocycles. The van der Waals surface area contributed by atoms with E-state index < -0.39 is 11.9 Å². The van der Waals surface area contributed by atoms with Gasteiger partial charge in [-0.3, -0.25) is 71.9 Å². The topological polar surface area (TPSA) is 422 Å². The largest absolute Gasteiger partial charge is 0.469 e. The molecule has 0 N–H and O–H groups in total. The van der Waals surface area contributed by atoms with Crippen LogP contribution in [0.1, 0.15) is 176 Å². The Bertz CT molecular complexity index is 1940. The molecule has 0 unspecified atom stereocenters. The van der Waals surface area contributed by atoms with Gasteiger partial charge in [-0.25, -0.2) is 0 Å². The third kappa shape index (κ3) is 127. The van der Waals surface area contributed by atoms with Crippen molar-refractivity contribution in [2.45, 2.75) is 176 Å². The van der Waals surface area contributed by atoms with Crippen LogP contribution in [0, 0.1) is 0 Å². The van der Waals surface area contributed by atoms with Gasteiger partial charge in [0.15, 0.2) is 0 Å². The van der Waals surface area contributed by atoms with Gasteiger partial charge in [0.05, 0.1) is 116 Å². The first kappa shape index (κ1) is 107. The molecule has 564 valence electrons. The van der Waals surface area contributed by atoms with Gasteiger partial charge < -0.3 is 85.3 Å². The Hall–Kier alpha value is -8.07. The van der Waals surface area contributed by atoms with Crippen molar-refractivity contribution in [3.8, 4) is 0 Å². The summed E-state index contributed by atoms with van der Waals surface area (Å²) in [6.45, 7) is 12.7. The maximum atomic E-state index is 10.6. The fraction of sp³-hybridized carbons (Fsp3) is 0.762. The predicted molar refractivity (Wildman–Crippen MR) is 341 cm³/mol. The van der Waals surface area contributed by atoms with Gasteiger partial charge in [-0.2, -0.15) is 0 Å². The summed E-state index contributed by atoms with van der Waals surface area (Å²) in [4.78, 5) is 156. The number of hydrogen-bond donors (Lipinski definition) is 0. The van der Waals surface area contributed by atoms with Crippen LogP contribution in [0.5, 0.6) is 0 Å². The van der Waals surface area contributed by atoms with E-state index in [9.17, 15) is 71.9 Å². The second kappa shape index (κ2) is 89.0. The van der Waals surface area contributed by atoms with Crippen molar-refractivity contribution in [2.75, 3.05) is 145 Å². The highest BCUT2D eigenvalue weighted by Crippen LogP contribution is 2.03. The average molecular weight is 1400 g/mol. The number of hydrogen-bond acceptors (Lipinski definition) is 33. The summed E-state index contributed by atoms with van der Waals surface area (Å²) in [6.07, 6.45) is 11.6. The molecule has 0 atom stereocenters. The van der Waals surface area contributed by atoms with Crippen LogP contribution in [0.3, 0.4) is 0 Å². The zero-order valence-electron chi connectivity index (χ0n) is 60.2. The number of carbonyl (C=O) groups excluding carboxylic acids is 15. The molecular weight excluding hydrogens is 1280 g/mol. The summed E-state index contributed by atoms with van der Waals surface area (Å²) in [6, 6.07) is 0. The molecule has 0 radical (unpaired) electrons. The van der Waals surface area contributed by atoms with Crippen LogP contribution in [0.25, 0.3) is 0 Å². The van der Waals surface area contributed by atoms with Crippen molar-refractivity contribution in [3.63, 3.8) is 0 Å². The normalized spacial score (nSPS) is 9.06. The van der Waals surface area contributed by atoms with Gasteiger partial charge in [0.2, 0.25) is 0 Å². The van der Waals surface area contributed by atoms with Crippen molar-refractivity contribution in [1.29, 1.82) is 0 Å². The van der Waals surface area contributed by atoms with E-state index in [1.165, 1.54) is 106 Å². The van der Waals surface area contributed by atoms with Gasteiger partial charge >= 0.3 is 89.5 Å². The molecule has 0 spiro atoms. The SMILES string of the molecule is COC(=O)CCC(=O)OC.COC(=O)CCCC(=O)OC.COC(=O)CCCCC(=O)OC.COC(=O)CCCCOC(C)=O.COC(=O)CCCOC(C)=O.COC(=O)CCOC(C)=O.COCCCCCOC(C)=O.COCCCCOC(C)=O.COCCCOC(C)=O. The smallest absolute Gasteiger partial charge is 0.308 e. The lowest BCUT2D eigenvalue weighted by Gasteiger charge is -2.00. The molecule has 0 aliphatic carbocycles. The lowest BCUT2D eigenvalue weighted by molar-refractivity contribution is -0.147. The highest BCUT2D eigenvalue weighted by atomic mass is 16.6. The number of rotatable bonds is 39. The molecule has 96 heavy (non-hydrogen) atoms. The van der Waals surface area contributed by atoms with Crippen LogP contribution >= 0.6 is 0 Å². The van der Waals surface area contributed by atoms with Crippen LogP contribution in [-0.2, 0) is 157 Å². The molecule has 0 saturated carbocycles. The zero-order chi connectivity index (χ0) is 75.6. The molecule has 0 rings (SSSR count). The molecule has 0 amide bonds. The average Bonchev–Trinajstić information content (AvgIpc) is 3.63. The minimum atomic E-state index is -0.398. The number of methoxy groups -OCH3 is 12. The second-order valence-corrected chi connectivity index (χ2v) is 18.2. The molecule has 0 aromatic heterocycles. The van der Waals surface area contributed by atoms with E-state index in [-0.39, 0.29) is 123 Å². The summed E-state index contributed by atoms with van der Waals surface area (Å²) in [5.41, 5.74) is 0. The lowest BCUT2D eigenvalue weighted by Crippen LogP contribution is -2.07. The Morgan fingerprint density at radius 3 is 0.625 bits per heavy atom. The van der Waals surface area contributed by atoms with Crippen molar-refractivity contribution in [2.24, 2.45) is 0 Å². The minimum absolute atomic E-state index is 0.0865. The van der Waals surface area contributed by atoms with Gasteiger partial charge in [0, 0.05) is 128 Å². The standard InChI is InChI=1S/2C8H14O4.C8H16O3.2C7H12O4.C7H14O3.2C6H10O4.C6H12O3/c1-11-7(9)5-3-4-6-8(10)12-2;1-7(9)12-6-4-3-5-8(10)11-2;1-8(9)11-7-5-3-4-6-10-2;1-10-6(8)4-3-5-7(9)11-2;1-6(8)11-5-3-4-7(9)10-2;1-7(8)10-6-4-3-5-9-2;1-9-5(7)3-4-6(8)10-2;1-5(7)10-4-3-6(8)9-2;1-6(7)9-5-3-4-8-2/h2*3-6H2,1-2H3;3-7H2,1-2H3;2*3-5H2,1-2H3;3-6H2,1-2H3;2*3-4H2,1-2H3;3-5H2,1-2H3. The molecule has 33 nitrogen and oxygen atoms in total. The Morgan fingerprint density at radius 2 is 0.344 bits per heavy atom. The molecule has 0 aromatic rings. The third-order valence-electron chi connectivity index (χ3n) is 10.0. The highest BCUT2D eigenvalue weighted by molar-refractivity contribution is 5.77. The summed E-state index contributed by atoms with van der Waals surface area (Å²) in [7, 11) is 16.8. The summed E-state index contributed by atoms with van der Waals surface area (Å²) < 4.78 is 81.5. The van der Waals surface area contributed by atoms with Crippen molar-refractivity contribution in [1.82, 2.24) is 0 Å². The Balaban J connectivity index is -0.000000127. The van der Waals surface area contributed by atoms with Crippen LogP contribution in [0.4, 0.5) is 0 Å². The molecule has 0 aliphatic rings. The third-order valence-corrected chi connectivity index (χ3v) is 10.0. The number of esters is 15.